The van der Waals surface area contributed by atoms with Gasteiger partial charge in [0.05, 0.1) is 0 Å². The zero-order chi connectivity index (χ0) is 13.2. The number of benzene rings is 1. The summed E-state index contributed by atoms with van der Waals surface area (Å²) >= 11 is 0. The third-order valence-electron chi connectivity index (χ3n) is 3.46. The number of fused-ring (bicyclic) bond motifs is 1. The van der Waals surface area contributed by atoms with Crippen LogP contribution in [-0.4, -0.2) is 12.6 Å². The summed E-state index contributed by atoms with van der Waals surface area (Å²) in [4.78, 5) is 0. The average molecular weight is 245 g/mol. The molecule has 1 unspecified atom stereocenters. The van der Waals surface area contributed by atoms with Gasteiger partial charge in [-0.2, -0.15) is 0 Å². The van der Waals surface area contributed by atoms with Crippen molar-refractivity contribution in [1.82, 2.24) is 5.32 Å². The van der Waals surface area contributed by atoms with Gasteiger partial charge in [0.15, 0.2) is 0 Å². The SMILES string of the molecule is CCNC(C)CC(C)(C)c1cc2ccccc2o1. The van der Waals surface area contributed by atoms with Gasteiger partial charge in [0, 0.05) is 16.8 Å². The lowest BCUT2D eigenvalue weighted by Gasteiger charge is -2.26. The lowest BCUT2D eigenvalue weighted by atomic mass is 9.83. The second kappa shape index (κ2) is 5.15. The Hall–Kier alpha value is -1.28. The molecule has 2 aromatic rings. The molecule has 0 aliphatic heterocycles. The Morgan fingerprint density at radius 3 is 2.67 bits per heavy atom. The normalized spacial score (nSPS) is 14.0. The molecule has 0 saturated carbocycles. The third-order valence-corrected chi connectivity index (χ3v) is 3.46. The summed E-state index contributed by atoms with van der Waals surface area (Å²) in [5, 5.41) is 4.65. The highest BCUT2D eigenvalue weighted by molar-refractivity contribution is 5.77. The van der Waals surface area contributed by atoms with Crippen LogP contribution in [-0.2, 0) is 5.41 Å². The summed E-state index contributed by atoms with van der Waals surface area (Å²) in [6, 6.07) is 10.9. The minimum Gasteiger partial charge on any atom is -0.461 e. The highest BCUT2D eigenvalue weighted by Gasteiger charge is 2.26. The predicted octanol–water partition coefficient (Wildman–Crippen LogP) is 4.10. The first-order valence-corrected chi connectivity index (χ1v) is 6.75. The number of hydrogen-bond donors (Lipinski definition) is 1. The Morgan fingerprint density at radius 1 is 1.28 bits per heavy atom. The van der Waals surface area contributed by atoms with Crippen LogP contribution in [0.2, 0.25) is 0 Å². The number of nitrogens with one attached hydrogen (secondary N) is 1. The molecular formula is C16H23NO. The molecule has 18 heavy (non-hydrogen) atoms. The Labute approximate surface area is 109 Å². The third kappa shape index (κ3) is 2.75. The summed E-state index contributed by atoms with van der Waals surface area (Å²) in [6.45, 7) is 9.88. The largest absolute Gasteiger partial charge is 0.461 e. The number of hydrogen-bond acceptors (Lipinski definition) is 2. The lowest BCUT2D eigenvalue weighted by Crippen LogP contribution is -2.32. The van der Waals surface area contributed by atoms with E-state index >= 15 is 0 Å². The van der Waals surface area contributed by atoms with E-state index in [0.29, 0.717) is 6.04 Å². The van der Waals surface area contributed by atoms with Crippen LogP contribution in [0.15, 0.2) is 34.7 Å². The van der Waals surface area contributed by atoms with Crippen LogP contribution in [0, 0.1) is 0 Å². The molecule has 2 heteroatoms. The Kier molecular flexibility index (Phi) is 3.76. The predicted molar refractivity (Wildman–Crippen MR) is 77.0 cm³/mol. The Balaban J connectivity index is 2.23. The molecule has 0 saturated heterocycles. The molecule has 1 N–H and O–H groups in total. The molecule has 0 spiro atoms. The van der Waals surface area contributed by atoms with Crippen molar-refractivity contribution >= 4 is 11.0 Å². The fraction of sp³-hybridized carbons (Fsp3) is 0.500. The van der Waals surface area contributed by atoms with Crippen LogP contribution in [0.25, 0.3) is 11.0 Å². The van der Waals surface area contributed by atoms with E-state index in [2.05, 4.69) is 51.2 Å². The number of para-hydroxylation sites is 1. The topological polar surface area (TPSA) is 25.2 Å². The molecule has 0 amide bonds. The Bertz CT molecular complexity index is 480. The van der Waals surface area contributed by atoms with Gasteiger partial charge in [-0.15, -0.1) is 0 Å². The first-order chi connectivity index (χ1) is 8.53. The Morgan fingerprint density at radius 2 is 2.00 bits per heavy atom. The van der Waals surface area contributed by atoms with Gasteiger partial charge >= 0.3 is 0 Å². The molecule has 0 aliphatic carbocycles. The first-order valence-electron chi connectivity index (χ1n) is 6.75. The van der Waals surface area contributed by atoms with Gasteiger partial charge in [-0.3, -0.25) is 0 Å². The molecule has 0 radical (unpaired) electrons. The van der Waals surface area contributed by atoms with Crippen LogP contribution in [0.1, 0.15) is 39.9 Å². The van der Waals surface area contributed by atoms with Gasteiger partial charge < -0.3 is 9.73 Å². The molecule has 1 heterocycles. The van der Waals surface area contributed by atoms with Crippen molar-refractivity contribution in [2.45, 2.75) is 45.6 Å². The summed E-state index contributed by atoms with van der Waals surface area (Å²) in [7, 11) is 0. The second-order valence-electron chi connectivity index (χ2n) is 5.70. The van der Waals surface area contributed by atoms with Gasteiger partial charge in [-0.1, -0.05) is 39.0 Å². The van der Waals surface area contributed by atoms with Crippen LogP contribution in [0.3, 0.4) is 0 Å². The van der Waals surface area contributed by atoms with Gasteiger partial charge in [0.2, 0.25) is 0 Å². The molecule has 1 aromatic carbocycles. The van der Waals surface area contributed by atoms with Crippen molar-refractivity contribution in [3.8, 4) is 0 Å². The summed E-state index contributed by atoms with van der Waals surface area (Å²) in [5.74, 6) is 1.08. The highest BCUT2D eigenvalue weighted by Crippen LogP contribution is 2.32. The molecule has 1 aromatic heterocycles. The molecule has 0 aliphatic rings. The monoisotopic (exact) mass is 245 g/mol. The lowest BCUT2D eigenvalue weighted by molar-refractivity contribution is 0.336. The molecule has 98 valence electrons. The second-order valence-corrected chi connectivity index (χ2v) is 5.70. The molecule has 2 rings (SSSR count). The van der Waals surface area contributed by atoms with E-state index in [-0.39, 0.29) is 5.41 Å². The van der Waals surface area contributed by atoms with Gasteiger partial charge in [-0.25, -0.2) is 0 Å². The van der Waals surface area contributed by atoms with E-state index in [9.17, 15) is 0 Å². The van der Waals surface area contributed by atoms with E-state index < -0.39 is 0 Å². The van der Waals surface area contributed by atoms with Crippen molar-refractivity contribution in [3.05, 3.63) is 36.1 Å². The van der Waals surface area contributed by atoms with E-state index in [1.807, 2.05) is 12.1 Å². The van der Waals surface area contributed by atoms with Crippen LogP contribution < -0.4 is 5.32 Å². The van der Waals surface area contributed by atoms with Gasteiger partial charge in [-0.05, 0) is 32.0 Å². The maximum Gasteiger partial charge on any atom is 0.134 e. The summed E-state index contributed by atoms with van der Waals surface area (Å²) in [6.07, 6.45) is 1.07. The fourth-order valence-electron chi connectivity index (χ4n) is 2.60. The van der Waals surface area contributed by atoms with E-state index in [4.69, 9.17) is 4.42 Å². The maximum absolute atomic E-state index is 5.98. The molecular weight excluding hydrogens is 222 g/mol. The molecule has 0 fully saturated rings. The molecule has 2 nitrogen and oxygen atoms in total. The van der Waals surface area contributed by atoms with Crippen LogP contribution in [0.5, 0.6) is 0 Å². The van der Waals surface area contributed by atoms with Gasteiger partial charge in [0.1, 0.15) is 11.3 Å². The standard InChI is InChI=1S/C16H23NO/c1-5-17-12(2)11-16(3,4)15-10-13-8-6-7-9-14(13)18-15/h6-10,12,17H,5,11H2,1-4H3. The maximum atomic E-state index is 5.98. The van der Waals surface area contributed by atoms with Crippen molar-refractivity contribution in [1.29, 1.82) is 0 Å². The summed E-state index contributed by atoms with van der Waals surface area (Å²) in [5.41, 5.74) is 1.04. The smallest absolute Gasteiger partial charge is 0.134 e. The van der Waals surface area contributed by atoms with Crippen molar-refractivity contribution in [2.24, 2.45) is 0 Å². The first kappa shape index (κ1) is 13.2. The zero-order valence-corrected chi connectivity index (χ0v) is 11.8. The van der Waals surface area contributed by atoms with Crippen molar-refractivity contribution in [3.63, 3.8) is 0 Å². The minimum absolute atomic E-state index is 0.0562. The summed E-state index contributed by atoms with van der Waals surface area (Å²) < 4.78 is 5.98. The van der Waals surface area contributed by atoms with E-state index in [0.717, 1.165) is 24.3 Å². The van der Waals surface area contributed by atoms with E-state index in [1.165, 1.54) is 5.39 Å². The molecule has 1 atom stereocenters. The quantitative estimate of drug-likeness (QED) is 0.858. The fourth-order valence-corrected chi connectivity index (χ4v) is 2.60. The van der Waals surface area contributed by atoms with E-state index in [1.54, 1.807) is 0 Å². The zero-order valence-electron chi connectivity index (χ0n) is 11.8. The van der Waals surface area contributed by atoms with Gasteiger partial charge in [0.25, 0.3) is 0 Å². The van der Waals surface area contributed by atoms with Crippen LogP contribution in [0.4, 0.5) is 0 Å². The minimum atomic E-state index is 0.0562. The van der Waals surface area contributed by atoms with Crippen molar-refractivity contribution < 1.29 is 4.42 Å². The number of furan rings is 1. The molecule has 0 bridgehead atoms. The average Bonchev–Trinajstić information content (AvgIpc) is 2.72. The number of rotatable bonds is 5. The highest BCUT2D eigenvalue weighted by atomic mass is 16.3. The van der Waals surface area contributed by atoms with Crippen LogP contribution >= 0.6 is 0 Å². The van der Waals surface area contributed by atoms with Crippen molar-refractivity contribution in [2.75, 3.05) is 6.54 Å².